The van der Waals surface area contributed by atoms with Crippen molar-refractivity contribution < 1.29 is 19.4 Å². The smallest absolute Gasteiger partial charge is 0.339 e. The molecule has 0 saturated heterocycles. The van der Waals surface area contributed by atoms with E-state index in [1.165, 1.54) is 6.92 Å². The molecule has 0 aliphatic carbocycles. The van der Waals surface area contributed by atoms with Crippen LogP contribution in [0.4, 0.5) is 0 Å². The van der Waals surface area contributed by atoms with Crippen molar-refractivity contribution in [3.05, 3.63) is 29.3 Å². The molecule has 1 aromatic rings. The van der Waals surface area contributed by atoms with Gasteiger partial charge in [0.25, 0.3) is 0 Å². The average Bonchev–Trinajstić information content (AvgIpc) is 2.27. The molecule has 0 spiro atoms. The van der Waals surface area contributed by atoms with Gasteiger partial charge in [0.1, 0.15) is 17.1 Å². The van der Waals surface area contributed by atoms with Crippen LogP contribution in [0, 0.1) is 0 Å². The van der Waals surface area contributed by atoms with E-state index in [9.17, 15) is 14.7 Å². The normalized spacial score (nSPS) is 11.9. The van der Waals surface area contributed by atoms with E-state index in [2.05, 4.69) is 15.9 Å². The number of hydrogen-bond donors (Lipinski definition) is 1. The predicted octanol–water partition coefficient (Wildman–Crippen LogP) is 2.81. The van der Waals surface area contributed by atoms with Gasteiger partial charge in [0, 0.05) is 0 Å². The minimum Gasteiger partial charge on any atom is -0.493 e. The van der Waals surface area contributed by atoms with Crippen LogP contribution in [0.5, 0.6) is 5.75 Å². The molecule has 0 saturated carbocycles. The number of alkyl halides is 1. The number of carbonyl (C=O) groups excluding carboxylic acids is 1. The van der Waals surface area contributed by atoms with Crippen molar-refractivity contribution in [1.82, 2.24) is 0 Å². The summed E-state index contributed by atoms with van der Waals surface area (Å²) in [5.74, 6) is -0.973. The number of carboxylic acids is 1. The molecule has 0 aliphatic heterocycles. The second-order valence-electron chi connectivity index (χ2n) is 3.43. The number of ether oxygens (including phenoxy) is 1. The zero-order valence-corrected chi connectivity index (χ0v) is 11.2. The fourth-order valence-corrected chi connectivity index (χ4v) is 1.86. The van der Waals surface area contributed by atoms with E-state index in [0.717, 1.165) is 0 Å². The van der Waals surface area contributed by atoms with E-state index >= 15 is 0 Å². The van der Waals surface area contributed by atoms with Gasteiger partial charge in [-0.2, -0.15) is 0 Å². The topological polar surface area (TPSA) is 63.6 Å². The van der Waals surface area contributed by atoms with Crippen molar-refractivity contribution in [2.45, 2.75) is 18.7 Å². The molecule has 0 bridgehead atoms. The number of ketones is 1. The van der Waals surface area contributed by atoms with Gasteiger partial charge < -0.3 is 9.84 Å². The van der Waals surface area contributed by atoms with Crippen LogP contribution in [-0.4, -0.2) is 23.5 Å². The molecule has 5 heteroatoms. The number of Topliss-reactive ketones (excluding diaryl/α,β-unsaturated/α-hetero) is 1. The van der Waals surface area contributed by atoms with E-state index in [1.807, 2.05) is 0 Å². The molecule has 0 aliphatic rings. The average molecular weight is 301 g/mol. The zero-order valence-electron chi connectivity index (χ0n) is 9.57. The third-order valence-corrected chi connectivity index (χ3v) is 3.34. The molecule has 1 atom stereocenters. The summed E-state index contributed by atoms with van der Waals surface area (Å²) >= 11 is 3.19. The van der Waals surface area contributed by atoms with Gasteiger partial charge in [-0.05, 0) is 25.5 Å². The molecular weight excluding hydrogens is 288 g/mol. The first kappa shape index (κ1) is 13.7. The Labute approximate surface area is 108 Å². The molecule has 1 rings (SSSR count). The second kappa shape index (κ2) is 5.82. The SMILES string of the molecule is CCOc1cccc(C(Br)C(C)=O)c1C(=O)O. The number of carboxylic acid groups (broad SMARTS) is 1. The molecule has 92 valence electrons. The summed E-state index contributed by atoms with van der Waals surface area (Å²) in [6, 6.07) is 4.85. The third-order valence-electron chi connectivity index (χ3n) is 2.20. The third kappa shape index (κ3) is 3.06. The number of aromatic carboxylic acids is 1. The number of benzene rings is 1. The summed E-state index contributed by atoms with van der Waals surface area (Å²) in [5.41, 5.74) is 0.447. The molecule has 0 heterocycles. The van der Waals surface area contributed by atoms with Gasteiger partial charge in [-0.15, -0.1) is 0 Å². The van der Waals surface area contributed by atoms with Crippen LogP contribution in [0.25, 0.3) is 0 Å². The van der Waals surface area contributed by atoms with E-state index in [0.29, 0.717) is 12.2 Å². The second-order valence-corrected chi connectivity index (χ2v) is 4.35. The number of halogens is 1. The van der Waals surface area contributed by atoms with Crippen LogP contribution < -0.4 is 4.74 Å². The molecule has 1 aromatic carbocycles. The summed E-state index contributed by atoms with van der Waals surface area (Å²) in [7, 11) is 0. The van der Waals surface area contributed by atoms with Crippen LogP contribution in [0.2, 0.25) is 0 Å². The Bertz CT molecular complexity index is 442. The van der Waals surface area contributed by atoms with Crippen molar-refractivity contribution in [3.63, 3.8) is 0 Å². The van der Waals surface area contributed by atoms with Crippen LogP contribution in [0.15, 0.2) is 18.2 Å². The van der Waals surface area contributed by atoms with Gasteiger partial charge in [0.15, 0.2) is 0 Å². The lowest BCUT2D eigenvalue weighted by atomic mass is 10.0. The quantitative estimate of drug-likeness (QED) is 0.849. The molecule has 17 heavy (non-hydrogen) atoms. The van der Waals surface area contributed by atoms with Crippen LogP contribution in [-0.2, 0) is 4.79 Å². The maximum absolute atomic E-state index is 11.3. The Morgan fingerprint density at radius 2 is 2.12 bits per heavy atom. The van der Waals surface area contributed by atoms with Gasteiger partial charge in [0.2, 0.25) is 0 Å². The highest BCUT2D eigenvalue weighted by Crippen LogP contribution is 2.32. The summed E-state index contributed by atoms with van der Waals surface area (Å²) < 4.78 is 5.26. The zero-order chi connectivity index (χ0) is 13.0. The van der Waals surface area contributed by atoms with Crippen LogP contribution >= 0.6 is 15.9 Å². The molecule has 0 amide bonds. The molecule has 4 nitrogen and oxygen atoms in total. The van der Waals surface area contributed by atoms with E-state index < -0.39 is 10.8 Å². The highest BCUT2D eigenvalue weighted by Gasteiger charge is 2.23. The summed E-state index contributed by atoms with van der Waals surface area (Å²) in [5, 5.41) is 9.19. The van der Waals surface area contributed by atoms with Gasteiger partial charge in [-0.25, -0.2) is 4.79 Å². The Kier molecular flexibility index (Phi) is 4.69. The van der Waals surface area contributed by atoms with Crippen LogP contribution in [0.1, 0.15) is 34.6 Å². The first-order valence-electron chi connectivity index (χ1n) is 5.12. The van der Waals surface area contributed by atoms with Gasteiger partial charge in [-0.1, -0.05) is 28.1 Å². The Balaban J connectivity index is 3.34. The highest BCUT2D eigenvalue weighted by atomic mass is 79.9. The molecule has 0 fully saturated rings. The summed E-state index contributed by atoms with van der Waals surface area (Å²) in [6.45, 7) is 3.55. The number of rotatable bonds is 5. The van der Waals surface area contributed by atoms with E-state index in [4.69, 9.17) is 4.74 Å². The lowest BCUT2D eigenvalue weighted by Crippen LogP contribution is -2.11. The predicted molar refractivity (Wildman–Crippen MR) is 66.9 cm³/mol. The van der Waals surface area contributed by atoms with Crippen LogP contribution in [0.3, 0.4) is 0 Å². The summed E-state index contributed by atoms with van der Waals surface area (Å²) in [4.78, 5) is 21.9. The van der Waals surface area contributed by atoms with Crippen molar-refractivity contribution in [2.24, 2.45) is 0 Å². The minimum absolute atomic E-state index is 0.0337. The van der Waals surface area contributed by atoms with E-state index in [1.54, 1.807) is 25.1 Å². The first-order valence-corrected chi connectivity index (χ1v) is 6.04. The molecule has 0 aromatic heterocycles. The standard InChI is InChI=1S/C12H13BrO4/c1-3-17-9-6-4-5-8(10(9)12(15)16)11(13)7(2)14/h4-6,11H,3H2,1-2H3,(H,15,16). The van der Waals surface area contributed by atoms with E-state index in [-0.39, 0.29) is 17.1 Å². The fraction of sp³-hybridized carbons (Fsp3) is 0.333. The van der Waals surface area contributed by atoms with Crippen molar-refractivity contribution in [3.8, 4) is 5.75 Å². The van der Waals surface area contributed by atoms with Gasteiger partial charge in [-0.3, -0.25) is 4.79 Å². The molecule has 1 N–H and O–H groups in total. The maximum Gasteiger partial charge on any atom is 0.339 e. The minimum atomic E-state index is -1.10. The molecule has 0 radical (unpaired) electrons. The molecule has 1 unspecified atom stereocenters. The highest BCUT2D eigenvalue weighted by molar-refractivity contribution is 9.09. The lowest BCUT2D eigenvalue weighted by Gasteiger charge is -2.14. The van der Waals surface area contributed by atoms with Crippen molar-refractivity contribution in [1.29, 1.82) is 0 Å². The fourth-order valence-electron chi connectivity index (χ4n) is 1.48. The Morgan fingerprint density at radius 3 is 2.59 bits per heavy atom. The first-order chi connectivity index (χ1) is 7.99. The number of carbonyl (C=O) groups is 2. The Morgan fingerprint density at radius 1 is 1.47 bits per heavy atom. The van der Waals surface area contributed by atoms with Gasteiger partial charge >= 0.3 is 5.97 Å². The van der Waals surface area contributed by atoms with Crippen molar-refractivity contribution in [2.75, 3.05) is 6.61 Å². The lowest BCUT2D eigenvalue weighted by molar-refractivity contribution is -0.116. The van der Waals surface area contributed by atoms with Crippen molar-refractivity contribution >= 4 is 27.7 Å². The Hall–Kier alpha value is -1.36. The maximum atomic E-state index is 11.3. The monoisotopic (exact) mass is 300 g/mol. The number of hydrogen-bond acceptors (Lipinski definition) is 3. The summed E-state index contributed by atoms with van der Waals surface area (Å²) in [6.07, 6.45) is 0. The largest absolute Gasteiger partial charge is 0.493 e. The van der Waals surface area contributed by atoms with Gasteiger partial charge in [0.05, 0.1) is 11.4 Å². The molecular formula is C12H13BrO4.